The Bertz CT molecular complexity index is 830. The predicted octanol–water partition coefficient (Wildman–Crippen LogP) is 4.03. The maximum absolute atomic E-state index is 13.0. The number of hydrogen-bond donors (Lipinski definition) is 1. The van der Waals surface area contributed by atoms with Gasteiger partial charge in [-0.1, -0.05) is 60.7 Å². The van der Waals surface area contributed by atoms with Crippen LogP contribution in [0.25, 0.3) is 0 Å². The van der Waals surface area contributed by atoms with E-state index in [1.807, 2.05) is 81.4 Å². The van der Waals surface area contributed by atoms with Gasteiger partial charge in [-0.3, -0.25) is 14.4 Å². The normalized spacial score (nSPS) is 11.7. The fraction of sp³-hybridized carbons (Fsp3) is 0.400. The van der Waals surface area contributed by atoms with Crippen molar-refractivity contribution < 1.29 is 23.9 Å². The lowest BCUT2D eigenvalue weighted by Gasteiger charge is -2.33. The van der Waals surface area contributed by atoms with Crippen molar-refractivity contribution in [2.45, 2.75) is 53.4 Å². The number of carbonyl (C=O) groups is 3. The molecule has 0 aliphatic rings. The van der Waals surface area contributed by atoms with Gasteiger partial charge in [0.1, 0.15) is 13.2 Å². The largest absolute Gasteiger partial charge is 0.460 e. The van der Waals surface area contributed by atoms with Crippen molar-refractivity contribution in [3.63, 3.8) is 0 Å². The molecule has 0 fully saturated rings. The van der Waals surface area contributed by atoms with Crippen LogP contribution in [0.2, 0.25) is 0 Å². The van der Waals surface area contributed by atoms with E-state index in [0.29, 0.717) is 0 Å². The molecule has 2 rings (SSSR count). The summed E-state index contributed by atoms with van der Waals surface area (Å²) < 4.78 is 10.8. The number of benzene rings is 2. The van der Waals surface area contributed by atoms with E-state index >= 15 is 0 Å². The lowest BCUT2D eigenvalue weighted by molar-refractivity contribution is -0.173. The first-order valence-corrected chi connectivity index (χ1v) is 10.2. The summed E-state index contributed by atoms with van der Waals surface area (Å²) in [5, 5.41) is 2.84. The fourth-order valence-electron chi connectivity index (χ4n) is 2.94. The van der Waals surface area contributed by atoms with E-state index in [9.17, 15) is 14.4 Å². The van der Waals surface area contributed by atoms with Gasteiger partial charge in [0.15, 0.2) is 5.92 Å². The highest BCUT2D eigenvalue weighted by atomic mass is 16.6. The first kappa shape index (κ1) is 24.1. The molecule has 6 heteroatoms. The molecule has 2 aromatic rings. The van der Waals surface area contributed by atoms with Crippen LogP contribution in [-0.4, -0.2) is 23.4 Å². The summed E-state index contributed by atoms with van der Waals surface area (Å²) in [5.74, 6) is -3.44. The summed E-state index contributed by atoms with van der Waals surface area (Å²) in [5.41, 5.74) is -0.344. The third-order valence-electron chi connectivity index (χ3n) is 4.71. The second kappa shape index (κ2) is 10.2. The van der Waals surface area contributed by atoms with E-state index in [2.05, 4.69) is 5.32 Å². The van der Waals surface area contributed by atoms with E-state index in [4.69, 9.17) is 9.47 Å². The standard InChI is InChI=1S/C25H31NO5/c1-24(2,3)26-23(29)25(4,5)20(21(27)30-16-18-12-8-6-9-13-18)22(28)31-17-19-14-10-7-11-15-19/h6-15,20H,16-17H2,1-5H3,(H,26,29). The Morgan fingerprint density at radius 1 is 0.742 bits per heavy atom. The molecule has 0 atom stereocenters. The Labute approximate surface area is 183 Å². The molecule has 0 saturated carbocycles. The SMILES string of the molecule is CC(C)(C)NC(=O)C(C)(C)C(C(=O)OCc1ccccc1)C(=O)OCc1ccccc1. The van der Waals surface area contributed by atoms with Crippen LogP contribution in [0.15, 0.2) is 60.7 Å². The minimum atomic E-state index is -1.41. The Hall–Kier alpha value is -3.15. The molecular formula is C25H31NO5. The molecule has 0 aromatic heterocycles. The van der Waals surface area contributed by atoms with E-state index in [-0.39, 0.29) is 13.2 Å². The zero-order valence-electron chi connectivity index (χ0n) is 18.8. The van der Waals surface area contributed by atoms with E-state index in [1.165, 1.54) is 0 Å². The van der Waals surface area contributed by atoms with Crippen LogP contribution in [0.4, 0.5) is 0 Å². The van der Waals surface area contributed by atoms with Crippen LogP contribution >= 0.6 is 0 Å². The number of carbonyl (C=O) groups excluding carboxylic acids is 3. The van der Waals surface area contributed by atoms with Crippen LogP contribution < -0.4 is 5.32 Å². The Morgan fingerprint density at radius 2 is 1.13 bits per heavy atom. The average Bonchev–Trinajstić information content (AvgIpc) is 2.71. The van der Waals surface area contributed by atoms with Crippen molar-refractivity contribution in [3.05, 3.63) is 71.8 Å². The number of ether oxygens (including phenoxy) is 2. The van der Waals surface area contributed by atoms with Crippen molar-refractivity contribution in [3.8, 4) is 0 Å². The first-order valence-electron chi connectivity index (χ1n) is 10.2. The van der Waals surface area contributed by atoms with E-state index in [0.717, 1.165) is 11.1 Å². The third-order valence-corrected chi connectivity index (χ3v) is 4.71. The molecule has 0 aliphatic heterocycles. The Balaban J connectivity index is 2.21. The second-order valence-corrected chi connectivity index (χ2v) is 9.05. The molecule has 2 aromatic carbocycles. The summed E-state index contributed by atoms with van der Waals surface area (Å²) >= 11 is 0. The van der Waals surface area contributed by atoms with Crippen molar-refractivity contribution in [2.75, 3.05) is 0 Å². The summed E-state index contributed by atoms with van der Waals surface area (Å²) in [6.07, 6.45) is 0. The maximum atomic E-state index is 13.0. The van der Waals surface area contributed by atoms with Gasteiger partial charge < -0.3 is 14.8 Å². The van der Waals surface area contributed by atoms with Gasteiger partial charge in [-0.2, -0.15) is 0 Å². The molecule has 0 spiro atoms. The summed E-state index contributed by atoms with van der Waals surface area (Å²) in [4.78, 5) is 38.9. The van der Waals surface area contributed by atoms with Gasteiger partial charge in [0.2, 0.25) is 5.91 Å². The van der Waals surface area contributed by atoms with Gasteiger partial charge in [0.25, 0.3) is 0 Å². The molecule has 0 saturated heterocycles. The van der Waals surface area contributed by atoms with Crippen LogP contribution in [-0.2, 0) is 37.1 Å². The molecule has 0 aliphatic carbocycles. The topological polar surface area (TPSA) is 81.7 Å². The Morgan fingerprint density at radius 3 is 1.48 bits per heavy atom. The molecule has 31 heavy (non-hydrogen) atoms. The predicted molar refractivity (Wildman–Crippen MR) is 118 cm³/mol. The van der Waals surface area contributed by atoms with Gasteiger partial charge >= 0.3 is 11.9 Å². The smallest absolute Gasteiger partial charge is 0.321 e. The van der Waals surface area contributed by atoms with Crippen LogP contribution in [0.3, 0.4) is 0 Å². The molecule has 1 amide bonds. The molecule has 0 unspecified atom stereocenters. The fourth-order valence-corrected chi connectivity index (χ4v) is 2.94. The molecule has 0 radical (unpaired) electrons. The van der Waals surface area contributed by atoms with Crippen molar-refractivity contribution in [2.24, 2.45) is 11.3 Å². The number of nitrogens with one attached hydrogen (secondary N) is 1. The Kier molecular flexibility index (Phi) is 7.97. The quantitative estimate of drug-likeness (QED) is 0.510. The molecule has 166 valence electrons. The minimum Gasteiger partial charge on any atom is -0.460 e. The van der Waals surface area contributed by atoms with Gasteiger partial charge in [0, 0.05) is 5.54 Å². The number of rotatable bonds is 8. The average molecular weight is 426 g/mol. The lowest BCUT2D eigenvalue weighted by atomic mass is 9.77. The monoisotopic (exact) mass is 425 g/mol. The van der Waals surface area contributed by atoms with E-state index in [1.54, 1.807) is 13.8 Å². The highest BCUT2D eigenvalue weighted by molar-refractivity contribution is 6.01. The number of amides is 1. The zero-order valence-corrected chi connectivity index (χ0v) is 18.8. The summed E-state index contributed by atoms with van der Waals surface area (Å²) in [6, 6.07) is 18.3. The number of hydrogen-bond acceptors (Lipinski definition) is 5. The van der Waals surface area contributed by atoms with Crippen LogP contribution in [0, 0.1) is 11.3 Å². The second-order valence-electron chi connectivity index (χ2n) is 9.05. The maximum Gasteiger partial charge on any atom is 0.321 e. The highest BCUT2D eigenvalue weighted by Gasteiger charge is 2.49. The minimum absolute atomic E-state index is 0.000884. The summed E-state index contributed by atoms with van der Waals surface area (Å²) in [7, 11) is 0. The molecule has 0 bridgehead atoms. The molecule has 1 N–H and O–H groups in total. The van der Waals surface area contributed by atoms with Crippen molar-refractivity contribution in [1.82, 2.24) is 5.32 Å². The third kappa shape index (κ3) is 7.24. The lowest BCUT2D eigenvalue weighted by Crippen LogP contribution is -2.53. The van der Waals surface area contributed by atoms with Crippen LogP contribution in [0.1, 0.15) is 45.7 Å². The molecule has 0 heterocycles. The number of esters is 2. The molecular weight excluding hydrogens is 394 g/mol. The van der Waals surface area contributed by atoms with Gasteiger partial charge in [-0.05, 0) is 45.7 Å². The van der Waals surface area contributed by atoms with Gasteiger partial charge in [0.05, 0.1) is 5.41 Å². The van der Waals surface area contributed by atoms with Crippen molar-refractivity contribution >= 4 is 17.8 Å². The zero-order chi connectivity index (χ0) is 23.1. The van der Waals surface area contributed by atoms with Crippen LogP contribution in [0.5, 0.6) is 0 Å². The summed E-state index contributed by atoms with van der Waals surface area (Å²) in [6.45, 7) is 8.59. The van der Waals surface area contributed by atoms with Gasteiger partial charge in [-0.15, -0.1) is 0 Å². The highest BCUT2D eigenvalue weighted by Crippen LogP contribution is 2.31. The van der Waals surface area contributed by atoms with Crippen molar-refractivity contribution in [1.29, 1.82) is 0 Å². The van der Waals surface area contributed by atoms with Gasteiger partial charge in [-0.25, -0.2) is 0 Å². The molecule has 6 nitrogen and oxygen atoms in total. The first-order chi connectivity index (χ1) is 14.5. The van der Waals surface area contributed by atoms with E-state index < -0.39 is 34.7 Å².